The van der Waals surface area contributed by atoms with Crippen LogP contribution in [0.1, 0.15) is 24.2 Å². The number of hydrogen-bond acceptors (Lipinski definition) is 3. The minimum absolute atomic E-state index is 0.0316. The summed E-state index contributed by atoms with van der Waals surface area (Å²) in [6.07, 6.45) is 1.47. The van der Waals surface area contributed by atoms with E-state index in [1.54, 1.807) is 6.07 Å². The fraction of sp³-hybridized carbons (Fsp3) is 0.500. The average molecular weight is 235 g/mol. The molecular weight excluding hydrogens is 218 g/mol. The minimum Gasteiger partial charge on any atom is -0.335 e. The second-order valence-electron chi connectivity index (χ2n) is 4.98. The van der Waals surface area contributed by atoms with Gasteiger partial charge in [-0.25, -0.2) is 0 Å². The second-order valence-corrected chi connectivity index (χ2v) is 4.98. The summed E-state index contributed by atoms with van der Waals surface area (Å²) in [6, 6.07) is 2.94. The number of amides is 1. The number of piperazine rings is 1. The summed E-state index contributed by atoms with van der Waals surface area (Å²) in [5.74, 6) is -0.0316. The van der Waals surface area contributed by atoms with E-state index in [9.17, 15) is 9.59 Å². The first-order valence-corrected chi connectivity index (χ1v) is 5.71. The third kappa shape index (κ3) is 2.74. The van der Waals surface area contributed by atoms with Crippen LogP contribution in [0.2, 0.25) is 0 Å². The molecule has 0 aliphatic carbocycles. The average Bonchev–Trinajstić information content (AvgIpc) is 2.28. The van der Waals surface area contributed by atoms with Gasteiger partial charge in [-0.1, -0.05) is 0 Å². The van der Waals surface area contributed by atoms with Crippen molar-refractivity contribution in [1.82, 2.24) is 15.2 Å². The maximum Gasteiger partial charge on any atom is 0.255 e. The third-order valence-corrected chi connectivity index (χ3v) is 2.89. The summed E-state index contributed by atoms with van der Waals surface area (Å²) in [5, 5.41) is 3.35. The van der Waals surface area contributed by atoms with Gasteiger partial charge in [0, 0.05) is 37.4 Å². The van der Waals surface area contributed by atoms with E-state index in [-0.39, 0.29) is 17.0 Å². The lowest BCUT2D eigenvalue weighted by molar-refractivity contribution is 0.0651. The fourth-order valence-electron chi connectivity index (χ4n) is 2.04. The molecule has 1 aromatic heterocycles. The molecule has 0 spiro atoms. The summed E-state index contributed by atoms with van der Waals surface area (Å²) in [5.41, 5.74) is 0.278. The van der Waals surface area contributed by atoms with Crippen molar-refractivity contribution >= 4 is 5.91 Å². The number of nitrogens with one attached hydrogen (secondary N) is 2. The predicted octanol–water partition coefficient (Wildman–Crippen LogP) is 0.199. The van der Waals surface area contributed by atoms with Crippen molar-refractivity contribution in [2.75, 3.05) is 19.6 Å². The zero-order valence-corrected chi connectivity index (χ0v) is 10.1. The molecule has 0 unspecified atom stereocenters. The smallest absolute Gasteiger partial charge is 0.255 e. The first-order valence-electron chi connectivity index (χ1n) is 5.71. The molecule has 0 radical (unpaired) electrons. The Kier molecular flexibility index (Phi) is 3.02. The van der Waals surface area contributed by atoms with Crippen LogP contribution in [0.4, 0.5) is 0 Å². The first-order chi connectivity index (χ1) is 7.98. The Balaban J connectivity index is 2.15. The zero-order valence-electron chi connectivity index (χ0n) is 10.1. The Morgan fingerprint density at radius 3 is 2.76 bits per heavy atom. The normalized spacial score (nSPS) is 19.1. The predicted molar refractivity (Wildman–Crippen MR) is 65.0 cm³/mol. The van der Waals surface area contributed by atoms with E-state index in [0.717, 1.165) is 6.54 Å². The summed E-state index contributed by atoms with van der Waals surface area (Å²) in [6.45, 7) is 6.30. The van der Waals surface area contributed by atoms with Gasteiger partial charge >= 0.3 is 0 Å². The molecule has 1 saturated heterocycles. The van der Waals surface area contributed by atoms with Gasteiger partial charge in [-0.05, 0) is 19.9 Å². The molecule has 1 amide bonds. The van der Waals surface area contributed by atoms with Gasteiger partial charge in [0.1, 0.15) is 0 Å². The number of aromatic nitrogens is 1. The van der Waals surface area contributed by atoms with Gasteiger partial charge in [-0.2, -0.15) is 0 Å². The second kappa shape index (κ2) is 4.33. The largest absolute Gasteiger partial charge is 0.335 e. The topological polar surface area (TPSA) is 65.2 Å². The van der Waals surface area contributed by atoms with Crippen molar-refractivity contribution in [1.29, 1.82) is 0 Å². The maximum absolute atomic E-state index is 12.2. The van der Waals surface area contributed by atoms with Crippen molar-refractivity contribution in [2.24, 2.45) is 0 Å². The van der Waals surface area contributed by atoms with Gasteiger partial charge in [0.15, 0.2) is 0 Å². The highest BCUT2D eigenvalue weighted by atomic mass is 16.2. The van der Waals surface area contributed by atoms with Crippen LogP contribution in [0.25, 0.3) is 0 Å². The number of nitrogens with zero attached hydrogens (tertiary/aromatic N) is 1. The number of pyridine rings is 1. The van der Waals surface area contributed by atoms with E-state index in [1.165, 1.54) is 12.3 Å². The van der Waals surface area contributed by atoms with Crippen molar-refractivity contribution in [3.63, 3.8) is 0 Å². The van der Waals surface area contributed by atoms with Gasteiger partial charge in [0.05, 0.1) is 5.56 Å². The lowest BCUT2D eigenvalue weighted by Gasteiger charge is -2.39. The van der Waals surface area contributed by atoms with E-state index in [4.69, 9.17) is 0 Å². The maximum atomic E-state index is 12.2. The highest BCUT2D eigenvalue weighted by molar-refractivity contribution is 5.94. The Hall–Kier alpha value is -1.62. The first kappa shape index (κ1) is 11.9. The summed E-state index contributed by atoms with van der Waals surface area (Å²) < 4.78 is 0. The van der Waals surface area contributed by atoms with Gasteiger partial charge in [-0.3, -0.25) is 9.59 Å². The molecule has 5 nitrogen and oxygen atoms in total. The summed E-state index contributed by atoms with van der Waals surface area (Å²) in [4.78, 5) is 27.4. The van der Waals surface area contributed by atoms with E-state index in [0.29, 0.717) is 18.7 Å². The lowest BCUT2D eigenvalue weighted by Crippen LogP contribution is -2.58. The minimum atomic E-state index is -0.192. The highest BCUT2D eigenvalue weighted by Gasteiger charge is 2.28. The SMILES string of the molecule is CC1(C)CN(C(=O)c2ccc(=O)[nH]c2)CCN1. The van der Waals surface area contributed by atoms with Crippen molar-refractivity contribution in [3.8, 4) is 0 Å². The molecule has 1 aliphatic heterocycles. The number of aromatic amines is 1. The quantitative estimate of drug-likeness (QED) is 0.730. The van der Waals surface area contributed by atoms with Gasteiger partial charge in [-0.15, -0.1) is 0 Å². The molecule has 2 heterocycles. The van der Waals surface area contributed by atoms with Gasteiger partial charge in [0.2, 0.25) is 5.56 Å². The van der Waals surface area contributed by atoms with Crippen molar-refractivity contribution < 1.29 is 4.79 Å². The molecule has 2 rings (SSSR count). The zero-order chi connectivity index (χ0) is 12.5. The monoisotopic (exact) mass is 235 g/mol. The Morgan fingerprint density at radius 2 is 2.18 bits per heavy atom. The standard InChI is InChI=1S/C12H17N3O2/c1-12(2)8-15(6-5-14-12)11(17)9-3-4-10(16)13-7-9/h3-4,7,14H,5-6,8H2,1-2H3,(H,13,16). The molecule has 5 heteroatoms. The molecule has 1 fully saturated rings. The number of rotatable bonds is 1. The highest BCUT2D eigenvalue weighted by Crippen LogP contribution is 2.12. The molecule has 1 aromatic rings. The van der Waals surface area contributed by atoms with Crippen LogP contribution >= 0.6 is 0 Å². The van der Waals surface area contributed by atoms with Crippen LogP contribution in [0.3, 0.4) is 0 Å². The van der Waals surface area contributed by atoms with Crippen LogP contribution in [0.5, 0.6) is 0 Å². The van der Waals surface area contributed by atoms with Crippen molar-refractivity contribution in [2.45, 2.75) is 19.4 Å². The fourth-order valence-corrected chi connectivity index (χ4v) is 2.04. The number of hydrogen-bond donors (Lipinski definition) is 2. The molecule has 1 aliphatic rings. The Bertz CT molecular complexity index is 458. The van der Waals surface area contributed by atoms with E-state index in [2.05, 4.69) is 24.1 Å². The van der Waals surface area contributed by atoms with E-state index < -0.39 is 0 Å². The van der Waals surface area contributed by atoms with Crippen LogP contribution in [0.15, 0.2) is 23.1 Å². The van der Waals surface area contributed by atoms with Crippen LogP contribution < -0.4 is 10.9 Å². The summed E-state index contributed by atoms with van der Waals surface area (Å²) >= 11 is 0. The third-order valence-electron chi connectivity index (χ3n) is 2.89. The molecule has 0 atom stereocenters. The Morgan fingerprint density at radius 1 is 1.41 bits per heavy atom. The van der Waals surface area contributed by atoms with Crippen LogP contribution in [-0.2, 0) is 0 Å². The molecule has 17 heavy (non-hydrogen) atoms. The molecule has 2 N–H and O–H groups in total. The van der Waals surface area contributed by atoms with Crippen LogP contribution in [-0.4, -0.2) is 41.0 Å². The van der Waals surface area contributed by atoms with E-state index in [1.807, 2.05) is 4.90 Å². The molecule has 0 aromatic carbocycles. The molecular formula is C12H17N3O2. The molecule has 92 valence electrons. The molecule has 0 saturated carbocycles. The van der Waals surface area contributed by atoms with Gasteiger partial charge < -0.3 is 15.2 Å². The number of carbonyl (C=O) groups is 1. The Labute approximate surface area is 99.8 Å². The van der Waals surface area contributed by atoms with Crippen molar-refractivity contribution in [3.05, 3.63) is 34.2 Å². The summed E-state index contributed by atoms with van der Waals surface area (Å²) in [7, 11) is 0. The number of carbonyl (C=O) groups excluding carboxylic acids is 1. The molecule has 0 bridgehead atoms. The number of H-pyrrole nitrogens is 1. The van der Waals surface area contributed by atoms with Gasteiger partial charge in [0.25, 0.3) is 5.91 Å². The van der Waals surface area contributed by atoms with E-state index >= 15 is 0 Å². The lowest BCUT2D eigenvalue weighted by atomic mass is 10.0. The van der Waals surface area contributed by atoms with Crippen LogP contribution in [0, 0.1) is 0 Å².